The first-order valence-corrected chi connectivity index (χ1v) is 7.80. The summed E-state index contributed by atoms with van der Waals surface area (Å²) in [6, 6.07) is -1.91. The first-order chi connectivity index (χ1) is 9.87. The topological polar surface area (TPSA) is 226 Å². The minimum atomic E-state index is -5.00. The zero-order valence-electron chi connectivity index (χ0n) is 10.4. The molecule has 4 unspecified atom stereocenters. The monoisotopic (exact) mass is 371 g/mol. The predicted molar refractivity (Wildman–Crippen MR) is 62.2 cm³/mol. The number of carbonyl (C=O) groups is 1. The van der Waals surface area contributed by atoms with E-state index in [4.69, 9.17) is 9.11 Å². The fraction of sp³-hybridized carbons (Fsp3) is 0.833. The zero-order chi connectivity index (χ0) is 17.6. The van der Waals surface area contributed by atoms with Crippen molar-refractivity contribution in [1.29, 1.82) is 0 Å². The molecule has 22 heavy (non-hydrogen) atoms. The summed E-state index contributed by atoms with van der Waals surface area (Å²) in [6.45, 7) is -1.07. The number of hydrogen-bond donors (Lipinski definition) is 6. The Hall–Kier alpha value is -0.790. The molecule has 0 aromatic rings. The second-order valence-electron chi connectivity index (χ2n) is 3.62. The molecule has 0 rings (SSSR count). The third-order valence-corrected chi connectivity index (χ3v) is 2.50. The number of hydroxylamine groups is 1. The molecule has 132 valence electrons. The van der Waals surface area contributed by atoms with Gasteiger partial charge in [0, 0.05) is 0 Å². The van der Waals surface area contributed by atoms with E-state index in [9.17, 15) is 36.9 Å². The third-order valence-electron chi connectivity index (χ3n) is 1.92. The summed E-state index contributed by atoms with van der Waals surface area (Å²) in [5.74, 6) is 0. The molecule has 0 amide bonds. The van der Waals surface area contributed by atoms with E-state index >= 15 is 0 Å². The summed E-state index contributed by atoms with van der Waals surface area (Å²) in [7, 11) is -9.98. The maximum atomic E-state index is 10.6. The third kappa shape index (κ3) is 9.27. The Bertz CT molecular complexity index is 543. The number of rotatable bonds is 11. The maximum Gasteiger partial charge on any atom is 0.424 e. The van der Waals surface area contributed by atoms with Crippen LogP contribution in [0.2, 0.25) is 0 Å². The average molecular weight is 371 g/mol. The lowest BCUT2D eigenvalue weighted by Crippen LogP contribution is -2.52. The van der Waals surface area contributed by atoms with Crippen LogP contribution >= 0.6 is 0 Å². The molecular weight excluding hydrogens is 358 g/mol. The van der Waals surface area contributed by atoms with Gasteiger partial charge in [-0.25, -0.2) is 4.89 Å². The Balaban J connectivity index is 4.52. The fourth-order valence-electron chi connectivity index (χ4n) is 0.991. The first-order valence-electron chi connectivity index (χ1n) is 5.07. The van der Waals surface area contributed by atoms with E-state index in [0.29, 0.717) is 0 Å². The van der Waals surface area contributed by atoms with Gasteiger partial charge in [-0.2, -0.15) is 26.6 Å². The fourth-order valence-corrected chi connectivity index (χ4v) is 1.40. The van der Waals surface area contributed by atoms with E-state index in [1.54, 1.807) is 0 Å². The number of carbonyl (C=O) groups excluding carboxylic acids is 1. The van der Waals surface area contributed by atoms with Crippen LogP contribution in [0.1, 0.15) is 0 Å². The van der Waals surface area contributed by atoms with Crippen molar-refractivity contribution in [1.82, 2.24) is 5.48 Å². The smallest absolute Gasteiger partial charge is 0.388 e. The molecule has 4 atom stereocenters. The highest BCUT2D eigenvalue weighted by Crippen LogP contribution is 2.06. The van der Waals surface area contributed by atoms with Crippen molar-refractivity contribution < 1.29 is 59.6 Å². The van der Waals surface area contributed by atoms with Crippen molar-refractivity contribution in [3.8, 4) is 0 Å². The second kappa shape index (κ2) is 8.74. The summed E-state index contributed by atoms with van der Waals surface area (Å²) in [6.07, 6.45) is -6.48. The Morgan fingerprint density at radius 2 is 1.55 bits per heavy atom. The number of aldehydes is 1. The molecule has 0 aliphatic carbocycles. The van der Waals surface area contributed by atoms with Crippen molar-refractivity contribution >= 4 is 27.1 Å². The summed E-state index contributed by atoms with van der Waals surface area (Å²) < 4.78 is 64.1. The molecule has 0 aromatic heterocycles. The largest absolute Gasteiger partial charge is 0.424 e. The summed E-state index contributed by atoms with van der Waals surface area (Å²) in [5.41, 5.74) is 1.39. The lowest BCUT2D eigenvalue weighted by atomic mass is 10.0. The van der Waals surface area contributed by atoms with E-state index in [-0.39, 0.29) is 6.29 Å². The van der Waals surface area contributed by atoms with Gasteiger partial charge in [0.2, 0.25) is 0 Å². The highest BCUT2D eigenvalue weighted by Gasteiger charge is 2.33. The van der Waals surface area contributed by atoms with Gasteiger partial charge in [0.1, 0.15) is 37.2 Å². The van der Waals surface area contributed by atoms with Crippen LogP contribution < -0.4 is 5.48 Å². The van der Waals surface area contributed by atoms with Crippen molar-refractivity contribution in [2.45, 2.75) is 24.4 Å². The van der Waals surface area contributed by atoms with Crippen LogP contribution in [-0.2, 0) is 39.1 Å². The molecule has 0 bridgehead atoms. The van der Waals surface area contributed by atoms with Gasteiger partial charge < -0.3 is 20.1 Å². The molecule has 0 aliphatic heterocycles. The van der Waals surface area contributed by atoms with E-state index in [1.807, 2.05) is 0 Å². The normalized spacial score (nSPS) is 18.4. The van der Waals surface area contributed by atoms with Gasteiger partial charge in [0.25, 0.3) is 0 Å². The van der Waals surface area contributed by atoms with Crippen molar-refractivity contribution in [3.63, 3.8) is 0 Å². The highest BCUT2D eigenvalue weighted by atomic mass is 32.3. The number of nitrogens with one attached hydrogen (secondary N) is 1. The molecule has 0 aliphatic rings. The molecule has 6 N–H and O–H groups in total. The molecule has 0 saturated carbocycles. The van der Waals surface area contributed by atoms with Crippen molar-refractivity contribution in [2.24, 2.45) is 0 Å². The highest BCUT2D eigenvalue weighted by molar-refractivity contribution is 7.81. The van der Waals surface area contributed by atoms with Crippen LogP contribution in [0.4, 0.5) is 0 Å². The first kappa shape index (κ1) is 21.2. The van der Waals surface area contributed by atoms with Crippen molar-refractivity contribution in [3.05, 3.63) is 0 Å². The van der Waals surface area contributed by atoms with Crippen LogP contribution in [0.15, 0.2) is 0 Å². The Morgan fingerprint density at radius 3 is 1.95 bits per heavy atom. The molecule has 0 spiro atoms. The van der Waals surface area contributed by atoms with Crippen LogP contribution in [0, 0.1) is 0 Å². The van der Waals surface area contributed by atoms with Gasteiger partial charge in [-0.15, -0.1) is 0 Å². The van der Waals surface area contributed by atoms with E-state index in [0.717, 1.165) is 0 Å². The Labute approximate surface area is 124 Å². The molecule has 14 nitrogen and oxygen atoms in total. The van der Waals surface area contributed by atoms with Gasteiger partial charge in [0.15, 0.2) is 0 Å². The van der Waals surface area contributed by atoms with Gasteiger partial charge in [-0.3, -0.25) is 9.11 Å². The lowest BCUT2D eigenvalue weighted by Gasteiger charge is -2.25. The minimum absolute atomic E-state index is 0.124. The molecule has 0 aromatic carbocycles. The van der Waals surface area contributed by atoms with Crippen LogP contribution in [0.25, 0.3) is 0 Å². The molecule has 0 saturated heterocycles. The van der Waals surface area contributed by atoms with E-state index in [2.05, 4.69) is 13.5 Å². The molecule has 0 heterocycles. The van der Waals surface area contributed by atoms with Crippen LogP contribution in [0.5, 0.6) is 0 Å². The molecule has 0 radical (unpaired) electrons. The summed E-state index contributed by atoms with van der Waals surface area (Å²) in [4.78, 5) is 14.4. The number of hydrogen-bond acceptors (Lipinski definition) is 12. The standard InChI is InChI=1S/C6H13NO13S2/c8-1-3(7-19-21(12,13)14)5(10)6(11)4(9)2-18-20-22(15,16)17/h1,3-7,9-11H,2H2,(H,12,13,14)(H,15,16,17). The molecule has 16 heteroatoms. The summed E-state index contributed by atoms with van der Waals surface area (Å²) in [5, 5.41) is 28.2. The van der Waals surface area contributed by atoms with E-state index in [1.165, 1.54) is 5.48 Å². The van der Waals surface area contributed by atoms with Crippen LogP contribution in [0.3, 0.4) is 0 Å². The Morgan fingerprint density at radius 1 is 1.00 bits per heavy atom. The summed E-state index contributed by atoms with van der Waals surface area (Å²) >= 11 is 0. The second-order valence-corrected chi connectivity index (χ2v) is 5.63. The number of aliphatic hydroxyl groups is 3. The molecule has 0 fully saturated rings. The van der Waals surface area contributed by atoms with Crippen molar-refractivity contribution in [2.75, 3.05) is 6.61 Å². The van der Waals surface area contributed by atoms with E-state index < -0.39 is 51.8 Å². The SMILES string of the molecule is O=CC(NOS(=O)(=O)O)C(O)C(O)C(O)COOS(=O)(=O)O. The quantitative estimate of drug-likeness (QED) is 0.0874. The maximum absolute atomic E-state index is 10.6. The number of aliphatic hydroxyl groups excluding tert-OH is 3. The van der Waals surface area contributed by atoms with Gasteiger partial charge >= 0.3 is 20.8 Å². The van der Waals surface area contributed by atoms with Crippen LogP contribution in [-0.4, -0.2) is 78.5 Å². The molecular formula is C6H13NO13S2. The zero-order valence-corrected chi connectivity index (χ0v) is 12.0. The van der Waals surface area contributed by atoms with Gasteiger partial charge in [-0.1, -0.05) is 4.33 Å². The predicted octanol–water partition coefficient (Wildman–Crippen LogP) is -4.29. The lowest BCUT2D eigenvalue weighted by molar-refractivity contribution is -0.237. The van der Waals surface area contributed by atoms with Gasteiger partial charge in [0.05, 0.1) is 0 Å². The average Bonchev–Trinajstić information content (AvgIpc) is 2.35. The minimum Gasteiger partial charge on any atom is -0.388 e. The van der Waals surface area contributed by atoms with Gasteiger partial charge in [-0.05, 0) is 0 Å². The Kier molecular flexibility index (Phi) is 8.43.